The highest BCUT2D eigenvalue weighted by Gasteiger charge is 2.47. The first kappa shape index (κ1) is 21.0. The molecule has 0 aromatic heterocycles. The minimum atomic E-state index is -0.403. The molecule has 0 atom stereocenters. The number of allylic oxidation sites excluding steroid dienone is 3. The largest absolute Gasteiger partial charge is 0.310 e. The summed E-state index contributed by atoms with van der Waals surface area (Å²) < 4.78 is 0. The molecule has 0 N–H and O–H groups in total. The molecule has 0 aliphatic carbocycles. The van der Waals surface area contributed by atoms with Gasteiger partial charge in [0.15, 0.2) is 0 Å². The van der Waals surface area contributed by atoms with Gasteiger partial charge in [-0.25, -0.2) is 0 Å². The van der Waals surface area contributed by atoms with E-state index in [2.05, 4.69) is 146 Å². The van der Waals surface area contributed by atoms with Crippen molar-refractivity contribution < 1.29 is 0 Å². The van der Waals surface area contributed by atoms with Gasteiger partial charge >= 0.3 is 0 Å². The molecule has 162 valence electrons. The number of rotatable bonds is 4. The van der Waals surface area contributed by atoms with Crippen LogP contribution in [0.3, 0.4) is 0 Å². The third-order valence-corrected chi connectivity index (χ3v) is 6.58. The normalized spacial score (nSPS) is 17.2. The Morgan fingerprint density at radius 3 is 1.73 bits per heavy atom. The van der Waals surface area contributed by atoms with E-state index in [1.165, 1.54) is 39.3 Å². The van der Waals surface area contributed by atoms with Crippen LogP contribution in [0, 0.1) is 0 Å². The first-order chi connectivity index (χ1) is 16.3. The number of hydrogen-bond acceptors (Lipinski definition) is 1. The van der Waals surface area contributed by atoms with Crippen molar-refractivity contribution in [2.24, 2.45) is 0 Å². The van der Waals surface area contributed by atoms with Crippen LogP contribution in [0.25, 0.3) is 0 Å². The molecule has 4 aromatic rings. The second-order valence-electron chi connectivity index (χ2n) is 8.37. The van der Waals surface area contributed by atoms with Crippen molar-refractivity contribution in [3.05, 3.63) is 155 Å². The minimum absolute atomic E-state index is 0.403. The van der Waals surface area contributed by atoms with Crippen molar-refractivity contribution in [3.63, 3.8) is 0 Å². The van der Waals surface area contributed by atoms with Crippen LogP contribution in [0.2, 0.25) is 0 Å². The van der Waals surface area contributed by atoms with E-state index in [1.54, 1.807) is 0 Å². The van der Waals surface area contributed by atoms with Crippen LogP contribution < -0.4 is 4.90 Å². The van der Waals surface area contributed by atoms with Gasteiger partial charge < -0.3 is 4.90 Å². The van der Waals surface area contributed by atoms with Crippen LogP contribution in [0.5, 0.6) is 0 Å². The summed E-state index contributed by atoms with van der Waals surface area (Å²) in [6.07, 6.45) is 5.64. The predicted octanol–water partition coefficient (Wildman–Crippen LogP) is 8.41. The molecule has 0 amide bonds. The van der Waals surface area contributed by atoms with Crippen molar-refractivity contribution in [1.29, 1.82) is 0 Å². The molecule has 5 rings (SSSR count). The first-order valence-corrected chi connectivity index (χ1v) is 11.8. The molecular formula is C32H29N. The Balaban J connectivity index is 1.95. The van der Waals surface area contributed by atoms with Crippen molar-refractivity contribution in [2.45, 2.75) is 25.7 Å². The summed E-state index contributed by atoms with van der Waals surface area (Å²) in [5, 5.41) is 0. The van der Waals surface area contributed by atoms with Crippen LogP contribution in [0.4, 0.5) is 11.4 Å². The van der Waals surface area contributed by atoms with Gasteiger partial charge in [-0.05, 0) is 53.8 Å². The fraction of sp³-hybridized carbons (Fsp3) is 0.125. The lowest BCUT2D eigenvalue weighted by molar-refractivity contribution is 0.703. The monoisotopic (exact) mass is 427 g/mol. The fourth-order valence-corrected chi connectivity index (χ4v) is 5.35. The molecule has 0 unspecified atom stereocenters. The predicted molar refractivity (Wildman–Crippen MR) is 140 cm³/mol. The maximum atomic E-state index is 2.43. The average molecular weight is 428 g/mol. The maximum absolute atomic E-state index is 2.43. The third-order valence-electron chi connectivity index (χ3n) is 6.58. The molecule has 4 aromatic carbocycles. The highest BCUT2D eigenvalue weighted by molar-refractivity contribution is 5.84. The first-order valence-electron chi connectivity index (χ1n) is 11.8. The Kier molecular flexibility index (Phi) is 5.71. The van der Waals surface area contributed by atoms with Crippen molar-refractivity contribution in [3.8, 4) is 0 Å². The van der Waals surface area contributed by atoms with Crippen molar-refractivity contribution in [2.75, 3.05) is 4.90 Å². The molecule has 1 aliphatic heterocycles. The van der Waals surface area contributed by atoms with E-state index in [0.717, 1.165) is 6.42 Å². The maximum Gasteiger partial charge on any atom is 0.0738 e. The number of fused-ring (bicyclic) bond motifs is 1. The van der Waals surface area contributed by atoms with Gasteiger partial charge in [0.1, 0.15) is 0 Å². The number of nitrogens with zero attached hydrogens (tertiary/aromatic N) is 1. The molecular weight excluding hydrogens is 398 g/mol. The van der Waals surface area contributed by atoms with E-state index in [9.17, 15) is 0 Å². The van der Waals surface area contributed by atoms with E-state index in [0.29, 0.717) is 0 Å². The lowest BCUT2D eigenvalue weighted by Gasteiger charge is -2.48. The fourth-order valence-electron chi connectivity index (χ4n) is 5.35. The highest BCUT2D eigenvalue weighted by Crippen LogP contribution is 2.56. The average Bonchev–Trinajstić information content (AvgIpc) is 2.89. The van der Waals surface area contributed by atoms with Crippen LogP contribution in [-0.2, 0) is 5.41 Å². The summed E-state index contributed by atoms with van der Waals surface area (Å²) in [6, 6.07) is 41.5. The molecule has 0 radical (unpaired) electrons. The molecule has 0 spiro atoms. The second-order valence-corrected chi connectivity index (χ2v) is 8.37. The highest BCUT2D eigenvalue weighted by atomic mass is 15.2. The van der Waals surface area contributed by atoms with Gasteiger partial charge in [-0.2, -0.15) is 0 Å². The van der Waals surface area contributed by atoms with Crippen LogP contribution in [-0.4, -0.2) is 0 Å². The van der Waals surface area contributed by atoms with Crippen LogP contribution in [0.1, 0.15) is 37.0 Å². The van der Waals surface area contributed by atoms with Gasteiger partial charge in [0.25, 0.3) is 0 Å². The Hall–Kier alpha value is -3.84. The molecule has 0 fully saturated rings. The summed E-state index contributed by atoms with van der Waals surface area (Å²) >= 11 is 0. The topological polar surface area (TPSA) is 3.24 Å². The van der Waals surface area contributed by atoms with Gasteiger partial charge in [0.05, 0.1) is 11.1 Å². The molecule has 0 saturated carbocycles. The lowest BCUT2D eigenvalue weighted by atomic mass is 9.61. The standard InChI is InChI=1S/C32H29N/c1-3-16-30-28(4-2)32(25-17-8-5-9-18-25,26-19-10-6-11-20-26)29-23-14-15-24-31(29)33(30)27-21-12-7-13-22-27/h4-24H,3H2,1-2H3/b28-4+,30-16+. The van der Waals surface area contributed by atoms with Gasteiger partial charge in [-0.3, -0.25) is 0 Å². The smallest absolute Gasteiger partial charge is 0.0738 e. The number of para-hydroxylation sites is 2. The SMILES string of the molecule is C/C=C1\C(=C/CC)N(c2ccccc2)c2ccccc2C1(c1ccccc1)c1ccccc1. The van der Waals surface area contributed by atoms with Gasteiger partial charge in [-0.1, -0.05) is 116 Å². The number of anilines is 2. The summed E-state index contributed by atoms with van der Waals surface area (Å²) in [5.74, 6) is 0. The molecule has 1 nitrogen and oxygen atoms in total. The second kappa shape index (κ2) is 8.96. The van der Waals surface area contributed by atoms with Gasteiger partial charge in [0.2, 0.25) is 0 Å². The number of benzene rings is 4. The lowest BCUT2D eigenvalue weighted by Crippen LogP contribution is -2.41. The Bertz CT molecular complexity index is 1240. The van der Waals surface area contributed by atoms with Crippen molar-refractivity contribution in [1.82, 2.24) is 0 Å². The zero-order valence-electron chi connectivity index (χ0n) is 19.3. The van der Waals surface area contributed by atoms with Gasteiger partial charge in [-0.15, -0.1) is 0 Å². The molecule has 33 heavy (non-hydrogen) atoms. The Morgan fingerprint density at radius 2 is 1.18 bits per heavy atom. The molecule has 0 saturated heterocycles. The molecule has 1 heteroatoms. The molecule has 1 heterocycles. The van der Waals surface area contributed by atoms with Crippen LogP contribution >= 0.6 is 0 Å². The summed E-state index contributed by atoms with van der Waals surface area (Å²) in [6.45, 7) is 4.40. The van der Waals surface area contributed by atoms with E-state index >= 15 is 0 Å². The zero-order valence-corrected chi connectivity index (χ0v) is 19.3. The van der Waals surface area contributed by atoms with Gasteiger partial charge in [0, 0.05) is 11.4 Å². The summed E-state index contributed by atoms with van der Waals surface area (Å²) in [5.41, 5.74) is 8.42. The van der Waals surface area contributed by atoms with E-state index in [1.807, 2.05) is 0 Å². The summed E-state index contributed by atoms with van der Waals surface area (Å²) in [4.78, 5) is 2.43. The van der Waals surface area contributed by atoms with E-state index < -0.39 is 5.41 Å². The molecule has 1 aliphatic rings. The molecule has 0 bridgehead atoms. The third kappa shape index (κ3) is 3.32. The quantitative estimate of drug-likeness (QED) is 0.316. The number of hydrogen-bond donors (Lipinski definition) is 0. The Labute approximate surface area is 197 Å². The Morgan fingerprint density at radius 1 is 0.667 bits per heavy atom. The van der Waals surface area contributed by atoms with Crippen LogP contribution in [0.15, 0.2) is 139 Å². The van der Waals surface area contributed by atoms with Crippen molar-refractivity contribution >= 4 is 11.4 Å². The zero-order chi connectivity index (χ0) is 22.7. The minimum Gasteiger partial charge on any atom is -0.310 e. The summed E-state index contributed by atoms with van der Waals surface area (Å²) in [7, 11) is 0. The van der Waals surface area contributed by atoms with E-state index in [4.69, 9.17) is 0 Å². The van der Waals surface area contributed by atoms with E-state index in [-0.39, 0.29) is 0 Å².